The van der Waals surface area contributed by atoms with E-state index in [1.807, 2.05) is 31.4 Å². The Morgan fingerprint density at radius 1 is 1.25 bits per heavy atom. The number of esters is 1. The molecule has 0 N–H and O–H groups in total. The molecule has 0 aliphatic heterocycles. The molecule has 0 bridgehead atoms. The molecule has 1 aromatic carbocycles. The zero-order valence-corrected chi connectivity index (χ0v) is 10.2. The smallest absolute Gasteiger partial charge is 0.336 e. The van der Waals surface area contributed by atoms with Crippen LogP contribution in [0, 0.1) is 0 Å². The van der Waals surface area contributed by atoms with Crippen molar-refractivity contribution >= 4 is 17.7 Å². The quantitative estimate of drug-likeness (QED) is 0.262. The molecule has 1 rings (SSSR count). The van der Waals surface area contributed by atoms with Gasteiger partial charge >= 0.3 is 5.97 Å². The van der Waals surface area contributed by atoms with Crippen molar-refractivity contribution in [1.29, 1.82) is 0 Å². The van der Waals surface area contributed by atoms with Gasteiger partial charge in [-0.3, -0.25) is 0 Å². The van der Waals surface area contributed by atoms with Gasteiger partial charge in [-0.1, -0.05) is 18.2 Å². The summed E-state index contributed by atoms with van der Waals surface area (Å²) in [5.41, 5.74) is 0. The van der Waals surface area contributed by atoms with Crippen LogP contribution in [0.15, 0.2) is 53.5 Å². The van der Waals surface area contributed by atoms with Gasteiger partial charge in [-0.05, 0) is 37.4 Å². The lowest BCUT2D eigenvalue weighted by Gasteiger charge is -2.01. The van der Waals surface area contributed by atoms with Crippen molar-refractivity contribution in [2.24, 2.45) is 0 Å². The molecule has 84 valence electrons. The number of carbonyl (C=O) groups excluding carboxylic acids is 1. The lowest BCUT2D eigenvalue weighted by molar-refractivity contribution is -0.128. The molecule has 0 aliphatic rings. The number of carbonyl (C=O) groups is 1. The molecule has 2 nitrogen and oxygen atoms in total. The van der Waals surface area contributed by atoms with Gasteiger partial charge in [-0.25, -0.2) is 4.79 Å². The predicted molar refractivity (Wildman–Crippen MR) is 67.8 cm³/mol. The SMILES string of the molecule is C/C=C/C=C/C(=O)Oc1ccc(SC)cc1. The number of hydrogen-bond donors (Lipinski definition) is 0. The Morgan fingerprint density at radius 2 is 1.94 bits per heavy atom. The highest BCUT2D eigenvalue weighted by molar-refractivity contribution is 7.98. The third-order valence-electron chi connectivity index (χ3n) is 1.81. The molecule has 0 saturated carbocycles. The molecule has 0 amide bonds. The van der Waals surface area contributed by atoms with Crippen LogP contribution in [0.3, 0.4) is 0 Å². The van der Waals surface area contributed by atoms with Gasteiger partial charge in [0.25, 0.3) is 0 Å². The Bertz CT molecular complexity index is 391. The molecular weight excluding hydrogens is 220 g/mol. The van der Waals surface area contributed by atoms with Crippen molar-refractivity contribution in [2.75, 3.05) is 6.26 Å². The summed E-state index contributed by atoms with van der Waals surface area (Å²) >= 11 is 1.65. The first-order valence-electron chi connectivity index (χ1n) is 4.91. The number of thioether (sulfide) groups is 1. The number of benzene rings is 1. The first-order valence-corrected chi connectivity index (χ1v) is 6.14. The molecule has 0 radical (unpaired) electrons. The van der Waals surface area contributed by atoms with E-state index in [0.717, 1.165) is 4.90 Å². The molecule has 0 heterocycles. The van der Waals surface area contributed by atoms with Crippen LogP contribution >= 0.6 is 11.8 Å². The highest BCUT2D eigenvalue weighted by Crippen LogP contribution is 2.18. The minimum atomic E-state index is -0.366. The summed E-state index contributed by atoms with van der Waals surface area (Å²) in [6.45, 7) is 1.89. The van der Waals surface area contributed by atoms with Crippen molar-refractivity contribution in [1.82, 2.24) is 0 Å². The van der Waals surface area contributed by atoms with Crippen molar-refractivity contribution in [2.45, 2.75) is 11.8 Å². The maximum atomic E-state index is 11.3. The number of allylic oxidation sites excluding steroid dienone is 3. The first kappa shape index (κ1) is 12.6. The monoisotopic (exact) mass is 234 g/mol. The number of ether oxygens (including phenoxy) is 1. The Kier molecular flexibility index (Phi) is 5.43. The van der Waals surface area contributed by atoms with Crippen molar-refractivity contribution < 1.29 is 9.53 Å². The molecule has 0 fully saturated rings. The fourth-order valence-electron chi connectivity index (χ4n) is 1.04. The highest BCUT2D eigenvalue weighted by Gasteiger charge is 1.99. The van der Waals surface area contributed by atoms with Gasteiger partial charge in [-0.15, -0.1) is 11.8 Å². The van der Waals surface area contributed by atoms with Crippen LogP contribution in [0.2, 0.25) is 0 Å². The molecule has 0 atom stereocenters. The zero-order chi connectivity index (χ0) is 11.8. The van der Waals surface area contributed by atoms with Crippen LogP contribution in [-0.4, -0.2) is 12.2 Å². The van der Waals surface area contributed by atoms with E-state index in [4.69, 9.17) is 4.74 Å². The third kappa shape index (κ3) is 4.36. The summed E-state index contributed by atoms with van der Waals surface area (Å²) in [6.07, 6.45) is 8.66. The maximum Gasteiger partial charge on any atom is 0.336 e. The van der Waals surface area contributed by atoms with Gasteiger partial charge in [0, 0.05) is 11.0 Å². The number of rotatable bonds is 4. The minimum absolute atomic E-state index is 0.366. The molecule has 0 aliphatic carbocycles. The zero-order valence-electron chi connectivity index (χ0n) is 9.34. The molecular formula is C13H14O2S. The molecule has 0 saturated heterocycles. The summed E-state index contributed by atoms with van der Waals surface area (Å²) in [4.78, 5) is 12.4. The molecule has 1 aromatic rings. The van der Waals surface area contributed by atoms with Gasteiger partial charge in [0.1, 0.15) is 5.75 Å². The average Bonchev–Trinajstić information content (AvgIpc) is 2.30. The standard InChI is InChI=1S/C13H14O2S/c1-3-4-5-6-13(14)15-11-7-9-12(16-2)10-8-11/h3-10H,1-2H3/b4-3+,6-5+. The lowest BCUT2D eigenvalue weighted by Crippen LogP contribution is -2.03. The number of hydrogen-bond acceptors (Lipinski definition) is 3. The highest BCUT2D eigenvalue weighted by atomic mass is 32.2. The van der Waals surface area contributed by atoms with Gasteiger partial charge in [0.05, 0.1) is 0 Å². The van der Waals surface area contributed by atoms with E-state index in [9.17, 15) is 4.79 Å². The summed E-state index contributed by atoms with van der Waals surface area (Å²) in [5.74, 6) is 0.197. The van der Waals surface area contributed by atoms with Crippen LogP contribution in [-0.2, 0) is 4.79 Å². The lowest BCUT2D eigenvalue weighted by atomic mass is 10.3. The van der Waals surface area contributed by atoms with Crippen LogP contribution < -0.4 is 4.74 Å². The van der Waals surface area contributed by atoms with Crippen molar-refractivity contribution in [3.63, 3.8) is 0 Å². The Balaban J connectivity index is 2.56. The molecule has 0 unspecified atom stereocenters. The van der Waals surface area contributed by atoms with Crippen molar-refractivity contribution in [3.8, 4) is 5.75 Å². The molecule has 0 spiro atoms. The van der Waals surface area contributed by atoms with Gasteiger partial charge in [-0.2, -0.15) is 0 Å². The van der Waals surface area contributed by atoms with E-state index in [1.165, 1.54) is 6.08 Å². The second-order valence-electron chi connectivity index (χ2n) is 2.98. The normalized spacial score (nSPS) is 11.1. The van der Waals surface area contributed by atoms with Crippen LogP contribution in [0.1, 0.15) is 6.92 Å². The van der Waals surface area contributed by atoms with Gasteiger partial charge in [0.2, 0.25) is 0 Å². The molecule has 0 aromatic heterocycles. The van der Waals surface area contributed by atoms with Gasteiger partial charge in [0.15, 0.2) is 0 Å². The first-order chi connectivity index (χ1) is 7.76. The van der Waals surface area contributed by atoms with Crippen LogP contribution in [0.4, 0.5) is 0 Å². The molecule has 16 heavy (non-hydrogen) atoms. The summed E-state index contributed by atoms with van der Waals surface area (Å²) in [6, 6.07) is 7.41. The van der Waals surface area contributed by atoms with E-state index < -0.39 is 0 Å². The maximum absolute atomic E-state index is 11.3. The van der Waals surface area contributed by atoms with E-state index in [0.29, 0.717) is 5.75 Å². The predicted octanol–water partition coefficient (Wildman–Crippen LogP) is 3.45. The van der Waals surface area contributed by atoms with Crippen LogP contribution in [0.25, 0.3) is 0 Å². The second-order valence-corrected chi connectivity index (χ2v) is 3.86. The fourth-order valence-corrected chi connectivity index (χ4v) is 1.45. The van der Waals surface area contributed by atoms with E-state index in [1.54, 1.807) is 36.0 Å². The largest absolute Gasteiger partial charge is 0.423 e. The van der Waals surface area contributed by atoms with Crippen molar-refractivity contribution in [3.05, 3.63) is 48.6 Å². The average molecular weight is 234 g/mol. The minimum Gasteiger partial charge on any atom is -0.423 e. The second kappa shape index (κ2) is 6.90. The topological polar surface area (TPSA) is 26.3 Å². The Hall–Kier alpha value is -1.48. The fraction of sp³-hybridized carbons (Fsp3) is 0.154. The Morgan fingerprint density at radius 3 is 2.50 bits per heavy atom. The Labute approximate surface area is 100 Å². The summed E-state index contributed by atoms with van der Waals surface area (Å²) in [5, 5.41) is 0. The van der Waals surface area contributed by atoms with E-state index in [2.05, 4.69) is 0 Å². The third-order valence-corrected chi connectivity index (χ3v) is 2.56. The summed E-state index contributed by atoms with van der Waals surface area (Å²) in [7, 11) is 0. The van der Waals surface area contributed by atoms with E-state index in [-0.39, 0.29) is 5.97 Å². The summed E-state index contributed by atoms with van der Waals surface area (Å²) < 4.78 is 5.09. The van der Waals surface area contributed by atoms with Gasteiger partial charge < -0.3 is 4.74 Å². The van der Waals surface area contributed by atoms with E-state index >= 15 is 0 Å². The van der Waals surface area contributed by atoms with Crippen LogP contribution in [0.5, 0.6) is 5.75 Å². The molecule has 3 heteroatoms.